The molecule has 0 saturated carbocycles. The van der Waals surface area contributed by atoms with Crippen LogP contribution in [-0.4, -0.2) is 24.4 Å². The van der Waals surface area contributed by atoms with E-state index >= 15 is 0 Å². The molecule has 2 aromatic carbocycles. The fourth-order valence-corrected chi connectivity index (χ4v) is 2.51. The molecular formula is C18H19NO4. The summed E-state index contributed by atoms with van der Waals surface area (Å²) in [5.74, 6) is 0.333. The van der Waals surface area contributed by atoms with Crippen molar-refractivity contribution in [2.45, 2.75) is 18.8 Å². The van der Waals surface area contributed by atoms with Gasteiger partial charge in [-0.15, -0.1) is 0 Å². The molecule has 0 aliphatic heterocycles. The molecule has 23 heavy (non-hydrogen) atoms. The first-order valence-corrected chi connectivity index (χ1v) is 7.40. The van der Waals surface area contributed by atoms with Crippen LogP contribution in [0.2, 0.25) is 0 Å². The Labute approximate surface area is 135 Å². The van der Waals surface area contributed by atoms with Gasteiger partial charge in [-0.1, -0.05) is 42.5 Å². The summed E-state index contributed by atoms with van der Waals surface area (Å²) < 4.78 is 5.08. The van der Waals surface area contributed by atoms with E-state index in [1.165, 1.54) is 0 Å². The number of carbonyl (C=O) groups is 1. The van der Waals surface area contributed by atoms with Crippen LogP contribution in [0.25, 0.3) is 0 Å². The van der Waals surface area contributed by atoms with E-state index in [9.17, 15) is 14.9 Å². The van der Waals surface area contributed by atoms with Gasteiger partial charge in [-0.2, -0.15) is 0 Å². The van der Waals surface area contributed by atoms with E-state index in [0.29, 0.717) is 0 Å². The van der Waals surface area contributed by atoms with Crippen LogP contribution in [0.4, 0.5) is 0 Å². The van der Waals surface area contributed by atoms with Crippen molar-refractivity contribution in [2.24, 2.45) is 0 Å². The van der Waals surface area contributed by atoms with E-state index in [0.717, 1.165) is 16.9 Å². The maximum atomic E-state index is 12.3. The molecule has 2 rings (SSSR count). The first kappa shape index (κ1) is 16.7. The number of ketones is 1. The first-order chi connectivity index (χ1) is 11.1. The van der Waals surface area contributed by atoms with Crippen molar-refractivity contribution in [3.8, 4) is 5.75 Å². The van der Waals surface area contributed by atoms with Crippen LogP contribution < -0.4 is 4.74 Å². The fraction of sp³-hybridized carbons (Fsp3) is 0.278. The van der Waals surface area contributed by atoms with Crippen molar-refractivity contribution >= 4 is 5.78 Å². The average Bonchev–Trinajstić information content (AvgIpc) is 2.55. The molecule has 0 fully saturated rings. The van der Waals surface area contributed by atoms with Crippen LogP contribution in [0.1, 0.15) is 23.5 Å². The molecule has 5 nitrogen and oxygen atoms in total. The summed E-state index contributed by atoms with van der Waals surface area (Å²) >= 11 is 0. The monoisotopic (exact) mass is 313 g/mol. The van der Waals surface area contributed by atoms with Crippen LogP contribution in [0.5, 0.6) is 5.75 Å². The highest BCUT2D eigenvalue weighted by molar-refractivity contribution is 5.81. The minimum absolute atomic E-state index is 0.00845. The predicted octanol–water partition coefficient (Wildman–Crippen LogP) is 3.26. The molecular weight excluding hydrogens is 294 g/mol. The minimum Gasteiger partial charge on any atom is -0.497 e. The van der Waals surface area contributed by atoms with Gasteiger partial charge in [-0.05, 0) is 23.3 Å². The Balaban J connectivity index is 2.03. The summed E-state index contributed by atoms with van der Waals surface area (Å²) in [6.07, 6.45) is 0.433. The Hall–Kier alpha value is -2.69. The molecule has 120 valence electrons. The summed E-state index contributed by atoms with van der Waals surface area (Å²) in [5.41, 5.74) is 1.70. The summed E-state index contributed by atoms with van der Waals surface area (Å²) in [6.45, 7) is -0.238. The summed E-state index contributed by atoms with van der Waals surface area (Å²) in [5, 5.41) is 10.9. The summed E-state index contributed by atoms with van der Waals surface area (Å²) in [7, 11) is 1.59. The van der Waals surface area contributed by atoms with E-state index in [-0.39, 0.29) is 30.1 Å². The molecule has 0 aromatic heterocycles. The van der Waals surface area contributed by atoms with Crippen LogP contribution in [0.3, 0.4) is 0 Å². The third-order valence-electron chi connectivity index (χ3n) is 3.67. The second-order valence-corrected chi connectivity index (χ2v) is 5.39. The molecule has 0 amide bonds. The number of hydrogen-bond acceptors (Lipinski definition) is 4. The third-order valence-corrected chi connectivity index (χ3v) is 3.67. The zero-order chi connectivity index (χ0) is 16.7. The smallest absolute Gasteiger partial charge is 0.211 e. The molecule has 2 aromatic rings. The topological polar surface area (TPSA) is 69.4 Å². The van der Waals surface area contributed by atoms with Gasteiger partial charge >= 0.3 is 0 Å². The second kappa shape index (κ2) is 8.08. The molecule has 0 heterocycles. The molecule has 5 heteroatoms. The lowest BCUT2D eigenvalue weighted by Crippen LogP contribution is -2.17. The van der Waals surface area contributed by atoms with Gasteiger partial charge in [-0.25, -0.2) is 0 Å². The quantitative estimate of drug-likeness (QED) is 0.554. The van der Waals surface area contributed by atoms with E-state index in [4.69, 9.17) is 4.74 Å². The van der Waals surface area contributed by atoms with E-state index in [1.54, 1.807) is 19.2 Å². The summed E-state index contributed by atoms with van der Waals surface area (Å²) in [4.78, 5) is 22.8. The maximum absolute atomic E-state index is 12.3. The fourth-order valence-electron chi connectivity index (χ4n) is 2.51. The van der Waals surface area contributed by atoms with Crippen LogP contribution in [-0.2, 0) is 11.2 Å². The Kier molecular flexibility index (Phi) is 5.86. The first-order valence-electron chi connectivity index (χ1n) is 7.40. The Bertz CT molecular complexity index is 652. The predicted molar refractivity (Wildman–Crippen MR) is 87.4 cm³/mol. The van der Waals surface area contributed by atoms with Crippen LogP contribution >= 0.6 is 0 Å². The van der Waals surface area contributed by atoms with E-state index in [1.807, 2.05) is 42.5 Å². The number of benzene rings is 2. The zero-order valence-corrected chi connectivity index (χ0v) is 13.0. The van der Waals surface area contributed by atoms with Crippen molar-refractivity contribution < 1.29 is 14.5 Å². The van der Waals surface area contributed by atoms with Gasteiger partial charge in [0.05, 0.1) is 13.0 Å². The van der Waals surface area contributed by atoms with E-state index in [2.05, 4.69) is 0 Å². The minimum atomic E-state index is -0.392. The third kappa shape index (κ3) is 5.21. The van der Waals surface area contributed by atoms with Crippen LogP contribution in [0, 0.1) is 10.1 Å². The largest absolute Gasteiger partial charge is 0.497 e. The molecule has 0 spiro atoms. The molecule has 1 unspecified atom stereocenters. The van der Waals surface area contributed by atoms with Crippen molar-refractivity contribution in [1.82, 2.24) is 0 Å². The lowest BCUT2D eigenvalue weighted by molar-refractivity contribution is -0.483. The normalized spacial score (nSPS) is 11.7. The van der Waals surface area contributed by atoms with Gasteiger partial charge < -0.3 is 4.74 Å². The number of nitro groups is 1. The number of ether oxygens (including phenoxy) is 1. The Morgan fingerprint density at radius 1 is 1.13 bits per heavy atom. The highest BCUT2D eigenvalue weighted by Gasteiger charge is 2.21. The second-order valence-electron chi connectivity index (χ2n) is 5.39. The SMILES string of the molecule is COc1ccc(CC(=O)CC(C[N+](=O)[O-])c2ccccc2)cc1. The van der Waals surface area contributed by atoms with Crippen molar-refractivity contribution in [2.75, 3.05) is 13.7 Å². The van der Waals surface area contributed by atoms with Gasteiger partial charge in [0.2, 0.25) is 6.54 Å². The lowest BCUT2D eigenvalue weighted by Gasteiger charge is -2.12. The number of nitrogens with zero attached hydrogens (tertiary/aromatic N) is 1. The standard InChI is InChI=1S/C18H19NO4/c1-23-18-9-7-14(8-10-18)11-17(20)12-16(13-19(21)22)15-5-3-2-4-6-15/h2-10,16H,11-13H2,1H3. The number of hydrogen-bond donors (Lipinski definition) is 0. The molecule has 0 aliphatic rings. The van der Waals surface area contributed by atoms with Gasteiger partial charge in [0.25, 0.3) is 0 Å². The average molecular weight is 313 g/mol. The van der Waals surface area contributed by atoms with Crippen molar-refractivity contribution in [3.63, 3.8) is 0 Å². The number of methoxy groups -OCH3 is 1. The Morgan fingerprint density at radius 3 is 2.35 bits per heavy atom. The lowest BCUT2D eigenvalue weighted by atomic mass is 9.92. The highest BCUT2D eigenvalue weighted by atomic mass is 16.6. The Morgan fingerprint density at radius 2 is 1.78 bits per heavy atom. The zero-order valence-electron chi connectivity index (χ0n) is 13.0. The molecule has 1 atom stereocenters. The van der Waals surface area contributed by atoms with Gasteiger partial charge in [0, 0.05) is 17.8 Å². The molecule has 0 radical (unpaired) electrons. The number of rotatable bonds is 8. The number of carbonyl (C=O) groups excluding carboxylic acids is 1. The maximum Gasteiger partial charge on any atom is 0.211 e. The molecule has 0 saturated heterocycles. The highest BCUT2D eigenvalue weighted by Crippen LogP contribution is 2.21. The summed E-state index contributed by atoms with van der Waals surface area (Å²) in [6, 6.07) is 16.4. The van der Waals surface area contributed by atoms with Gasteiger partial charge in [0.1, 0.15) is 11.5 Å². The molecule has 0 aliphatic carbocycles. The van der Waals surface area contributed by atoms with Crippen molar-refractivity contribution in [1.29, 1.82) is 0 Å². The van der Waals surface area contributed by atoms with Gasteiger partial charge in [-0.3, -0.25) is 14.9 Å². The van der Waals surface area contributed by atoms with E-state index < -0.39 is 5.92 Å². The van der Waals surface area contributed by atoms with Gasteiger partial charge in [0.15, 0.2) is 0 Å². The van der Waals surface area contributed by atoms with Crippen molar-refractivity contribution in [3.05, 3.63) is 75.8 Å². The molecule has 0 bridgehead atoms. The molecule has 0 N–H and O–H groups in total. The number of Topliss-reactive ketones (excluding diaryl/α,β-unsaturated/α-hetero) is 1. The van der Waals surface area contributed by atoms with Crippen LogP contribution in [0.15, 0.2) is 54.6 Å².